The van der Waals surface area contributed by atoms with Crippen molar-refractivity contribution in [3.05, 3.63) is 140 Å². The second kappa shape index (κ2) is 26.5. The molecule has 0 unspecified atom stereocenters. The maximum atomic E-state index is 14.5. The number of methoxy groups -OCH3 is 2. The smallest absolute Gasteiger partial charge is 0.335 e. The molecule has 470 valence electrons. The topological polar surface area (TPSA) is 200 Å². The van der Waals surface area contributed by atoms with Gasteiger partial charge in [-0.2, -0.15) is 0 Å². The van der Waals surface area contributed by atoms with Gasteiger partial charge in [0.1, 0.15) is 52.9 Å². The highest BCUT2D eigenvalue weighted by Gasteiger charge is 2.62. The summed E-state index contributed by atoms with van der Waals surface area (Å²) in [5.74, 6) is 2.43. The van der Waals surface area contributed by atoms with Crippen LogP contribution in [-0.2, 0) is 78.6 Å². The Kier molecular flexibility index (Phi) is 18.4. The quantitative estimate of drug-likeness (QED) is 0.157. The normalized spacial score (nSPS) is 25.3. The number of carbonyl (C=O) groups excluding carboxylic acids is 2. The molecule has 20 nitrogen and oxygen atoms in total. The number of carbonyl (C=O) groups is 2. The van der Waals surface area contributed by atoms with Crippen LogP contribution < -0.4 is 37.9 Å². The molecule has 5 aromatic carbocycles. The maximum absolute atomic E-state index is 14.5. The lowest BCUT2D eigenvalue weighted by Gasteiger charge is -2.54. The van der Waals surface area contributed by atoms with Crippen molar-refractivity contribution in [2.45, 2.75) is 49.4 Å². The monoisotopic (exact) mass is 1210 g/mol. The molecule has 6 aliphatic carbocycles. The molecule has 0 atom stereocenters. The minimum Gasteiger partial charge on any atom is -0.487 e. The lowest BCUT2D eigenvalue weighted by atomic mass is 9.48. The van der Waals surface area contributed by atoms with Gasteiger partial charge in [0.2, 0.25) is 0 Å². The number of hydrogen-bond acceptors (Lipinski definition) is 20. The summed E-state index contributed by atoms with van der Waals surface area (Å²) in [4.78, 5) is 28.9. The van der Waals surface area contributed by atoms with E-state index >= 15 is 0 Å². The highest BCUT2D eigenvalue weighted by Crippen LogP contribution is 2.66. The van der Waals surface area contributed by atoms with E-state index in [4.69, 9.17) is 85.3 Å². The molecule has 8 aliphatic rings. The van der Waals surface area contributed by atoms with Gasteiger partial charge in [0.25, 0.3) is 0 Å². The van der Waals surface area contributed by atoms with Crippen molar-refractivity contribution in [1.82, 2.24) is 0 Å². The van der Waals surface area contributed by atoms with Crippen molar-refractivity contribution in [2.24, 2.45) is 0 Å². The molecular formula is C68H78O20. The van der Waals surface area contributed by atoms with Crippen LogP contribution in [-0.4, -0.2) is 185 Å². The van der Waals surface area contributed by atoms with Gasteiger partial charge in [-0.1, -0.05) is 24.3 Å². The molecule has 0 fully saturated rings. The largest absolute Gasteiger partial charge is 0.487 e. The molecule has 0 spiro atoms. The van der Waals surface area contributed by atoms with Crippen molar-refractivity contribution in [3.8, 4) is 46.0 Å². The summed E-state index contributed by atoms with van der Waals surface area (Å²) >= 11 is 0. The van der Waals surface area contributed by atoms with Crippen LogP contribution in [0.25, 0.3) is 0 Å². The van der Waals surface area contributed by atoms with Gasteiger partial charge in [-0.25, -0.2) is 9.59 Å². The summed E-state index contributed by atoms with van der Waals surface area (Å²) in [6.07, 6.45) is 0. The van der Waals surface area contributed by atoms with Gasteiger partial charge in [0, 0.05) is 10.8 Å². The molecule has 5 aromatic rings. The zero-order chi connectivity index (χ0) is 60.9. The SMILES string of the molecule is COC(=O)C1=C(C(=O)OC)C2(C)c3cc4c5cc3C1(C)c1cc3c(cc12)OCCOCCOCCOc1cc2c(cc1OCCOCCOCCO3)C1(C)c3ccccc3C2(C)c2cc(c(cc21)OCCOCCOCCO5)OCCOCCOCCO4. The Hall–Kier alpha value is -7.14. The molecule has 0 saturated carbocycles. The average Bonchev–Trinajstić information content (AvgIpc) is 0.888. The first-order valence-corrected chi connectivity index (χ1v) is 30.4. The molecule has 0 saturated heterocycles. The van der Waals surface area contributed by atoms with E-state index in [1.807, 2.05) is 38.1 Å². The minimum atomic E-state index is -1.36. The average molecular weight is 1220 g/mol. The van der Waals surface area contributed by atoms with E-state index in [0.29, 0.717) is 94.7 Å². The number of rotatable bonds is 2. The molecule has 0 aromatic heterocycles. The molecule has 13 rings (SSSR count). The first-order chi connectivity index (χ1) is 43.0. The highest BCUT2D eigenvalue weighted by molar-refractivity contribution is 6.08. The Labute approximate surface area is 512 Å². The molecule has 2 heterocycles. The fraction of sp³-hybridized carbons (Fsp3) is 0.500. The van der Waals surface area contributed by atoms with Gasteiger partial charge in [-0.05, 0) is 132 Å². The van der Waals surface area contributed by atoms with Crippen molar-refractivity contribution in [3.63, 3.8) is 0 Å². The number of ether oxygens (including phenoxy) is 18. The highest BCUT2D eigenvalue weighted by atomic mass is 16.6. The Morgan fingerprint density at radius 3 is 0.625 bits per heavy atom. The second-order valence-corrected chi connectivity index (χ2v) is 22.8. The second-order valence-electron chi connectivity index (χ2n) is 22.8. The van der Waals surface area contributed by atoms with Gasteiger partial charge in [-0.15, -0.1) is 0 Å². The van der Waals surface area contributed by atoms with Crippen molar-refractivity contribution < 1.29 is 94.9 Å². The van der Waals surface area contributed by atoms with Gasteiger partial charge in [-0.3, -0.25) is 0 Å². The summed E-state index contributed by atoms with van der Waals surface area (Å²) < 4.78 is 113. The summed E-state index contributed by atoms with van der Waals surface area (Å²) in [7, 11) is 2.58. The zero-order valence-electron chi connectivity index (χ0n) is 51.1. The number of hydrogen-bond donors (Lipinski definition) is 0. The molecule has 0 radical (unpaired) electrons. The van der Waals surface area contributed by atoms with Crippen LogP contribution >= 0.6 is 0 Å². The van der Waals surface area contributed by atoms with Gasteiger partial charge in [0.15, 0.2) is 46.0 Å². The van der Waals surface area contributed by atoms with E-state index in [-0.39, 0.29) is 143 Å². The Bertz CT molecular complexity index is 3030. The van der Waals surface area contributed by atoms with E-state index in [1.54, 1.807) is 0 Å². The molecule has 20 heteroatoms. The Morgan fingerprint density at radius 1 is 0.273 bits per heavy atom. The molecular weight excluding hydrogens is 1140 g/mol. The fourth-order valence-electron chi connectivity index (χ4n) is 13.8. The molecule has 0 N–H and O–H groups in total. The minimum absolute atomic E-state index is 0.109. The van der Waals surface area contributed by atoms with Gasteiger partial charge < -0.3 is 85.3 Å². The van der Waals surface area contributed by atoms with Crippen molar-refractivity contribution in [1.29, 1.82) is 0 Å². The maximum Gasteiger partial charge on any atom is 0.335 e. The van der Waals surface area contributed by atoms with Crippen LogP contribution in [0.2, 0.25) is 0 Å². The van der Waals surface area contributed by atoms with Crippen LogP contribution in [0, 0.1) is 0 Å². The van der Waals surface area contributed by atoms with Crippen molar-refractivity contribution >= 4 is 11.9 Å². The van der Waals surface area contributed by atoms with Crippen LogP contribution in [0.5, 0.6) is 46.0 Å². The number of fused-ring (bicyclic) bond motifs is 4. The molecule has 4 bridgehead atoms. The summed E-state index contributed by atoms with van der Waals surface area (Å²) in [6, 6.07) is 24.6. The lowest BCUT2D eigenvalue weighted by molar-refractivity contribution is -0.140. The number of benzene rings is 5. The number of esters is 2. The Balaban J connectivity index is 0.947. The standard InChI is InChI=1S/C68H78O20/c1-65-43-9-7-8-10-44(43)66(2)47-37-55-53(35-45(47)65)81-27-19-73-11-15-77-23-31-85-57-39-49-51(41-59(57)87-33-25-79-17-13-75-21-29-83-55)68(4)52-42-60-58(40-50(52)67(49,3)61(63(69)71-5)62(68)64(70)72-6)86-32-24-78-16-12-74-20-28-82-54-36-46(65)48(66)38-56(54)84-30-22-76-14-18-80-26-34-88-60/h7-10,35-42H,11-34H2,1-6H3. The van der Waals surface area contributed by atoms with E-state index in [0.717, 1.165) is 22.3 Å². The van der Waals surface area contributed by atoms with Crippen LogP contribution in [0.4, 0.5) is 0 Å². The van der Waals surface area contributed by atoms with E-state index < -0.39 is 33.6 Å². The van der Waals surface area contributed by atoms with E-state index in [9.17, 15) is 9.59 Å². The fourth-order valence-corrected chi connectivity index (χ4v) is 13.8. The van der Waals surface area contributed by atoms with Crippen LogP contribution in [0.15, 0.2) is 83.9 Å². The third-order valence-electron chi connectivity index (χ3n) is 18.0. The van der Waals surface area contributed by atoms with Gasteiger partial charge >= 0.3 is 11.9 Å². The Morgan fingerprint density at radius 2 is 0.443 bits per heavy atom. The van der Waals surface area contributed by atoms with Crippen LogP contribution in [0.3, 0.4) is 0 Å². The summed E-state index contributed by atoms with van der Waals surface area (Å²) in [6.45, 7) is 14.0. The summed E-state index contributed by atoms with van der Waals surface area (Å²) in [5.41, 5.74) is 5.57. The third kappa shape index (κ3) is 11.1. The van der Waals surface area contributed by atoms with Gasteiger partial charge in [0.05, 0.1) is 142 Å². The molecule has 2 aliphatic heterocycles. The first kappa shape index (κ1) is 61.1. The van der Waals surface area contributed by atoms with E-state index in [1.165, 1.54) is 25.3 Å². The predicted octanol–water partition coefficient (Wildman–Crippen LogP) is 7.51. The van der Waals surface area contributed by atoms with Crippen molar-refractivity contribution in [2.75, 3.05) is 173 Å². The molecule has 88 heavy (non-hydrogen) atoms. The third-order valence-corrected chi connectivity index (χ3v) is 18.0. The van der Waals surface area contributed by atoms with E-state index in [2.05, 4.69) is 62.4 Å². The predicted molar refractivity (Wildman–Crippen MR) is 318 cm³/mol. The summed E-state index contributed by atoms with van der Waals surface area (Å²) in [5, 5.41) is 0. The lowest BCUT2D eigenvalue weighted by Crippen LogP contribution is -2.52. The zero-order valence-corrected chi connectivity index (χ0v) is 51.1. The van der Waals surface area contributed by atoms with Crippen LogP contribution in [0.1, 0.15) is 83.3 Å². The first-order valence-electron chi connectivity index (χ1n) is 30.4. The molecule has 0 amide bonds.